The summed E-state index contributed by atoms with van der Waals surface area (Å²) in [5.41, 5.74) is 10.3. The Morgan fingerprint density at radius 2 is 1.83 bits per heavy atom. The number of aromatic nitrogens is 1. The summed E-state index contributed by atoms with van der Waals surface area (Å²) in [6.07, 6.45) is 1.81. The molecule has 120 valence electrons. The molecule has 3 aromatic rings. The molecule has 0 saturated carbocycles. The van der Waals surface area contributed by atoms with Gasteiger partial charge in [0, 0.05) is 24.1 Å². The third-order valence-electron chi connectivity index (χ3n) is 3.65. The van der Waals surface area contributed by atoms with E-state index >= 15 is 0 Å². The quantitative estimate of drug-likeness (QED) is 0.698. The third kappa shape index (κ3) is 3.73. The number of benzene rings is 1. The molecule has 0 amide bonds. The maximum absolute atomic E-state index is 5.68. The van der Waals surface area contributed by atoms with E-state index in [0.717, 1.165) is 26.7 Å². The van der Waals surface area contributed by atoms with Crippen molar-refractivity contribution in [3.63, 3.8) is 0 Å². The molecule has 0 atom stereocenters. The highest BCUT2D eigenvalue weighted by Crippen LogP contribution is 2.29. The molecule has 24 heavy (non-hydrogen) atoms. The van der Waals surface area contributed by atoms with Gasteiger partial charge in [0.25, 0.3) is 0 Å². The highest BCUT2D eigenvalue weighted by Gasteiger charge is 2.06. The van der Waals surface area contributed by atoms with Gasteiger partial charge in [-0.25, -0.2) is 0 Å². The largest absolute Gasteiger partial charge is 0.399 e. The van der Waals surface area contributed by atoms with Gasteiger partial charge in [-0.2, -0.15) is 0 Å². The lowest BCUT2D eigenvalue weighted by atomic mass is 10.1. The Kier molecular flexibility index (Phi) is 4.77. The van der Waals surface area contributed by atoms with Gasteiger partial charge in [0.15, 0.2) is 0 Å². The Morgan fingerprint density at radius 3 is 2.50 bits per heavy atom. The maximum Gasteiger partial charge on any atom is 0.0801 e. The van der Waals surface area contributed by atoms with E-state index in [4.69, 9.17) is 5.73 Å². The zero-order valence-corrected chi connectivity index (χ0v) is 14.1. The van der Waals surface area contributed by atoms with Crippen LogP contribution in [0.4, 0.5) is 0 Å². The fourth-order valence-corrected chi connectivity index (χ4v) is 3.21. The molecule has 4 heteroatoms. The van der Waals surface area contributed by atoms with Gasteiger partial charge >= 0.3 is 0 Å². The number of nitrogens with one attached hydrogen (secondary N) is 1. The minimum absolute atomic E-state index is 0.583. The average molecular weight is 333 g/mol. The van der Waals surface area contributed by atoms with Gasteiger partial charge in [-0.15, -0.1) is 11.3 Å². The molecule has 0 spiro atoms. The summed E-state index contributed by atoms with van der Waals surface area (Å²) in [6, 6.07) is 18.1. The van der Waals surface area contributed by atoms with Gasteiger partial charge in [0.05, 0.1) is 15.4 Å². The molecular formula is C20H19N3S. The topological polar surface area (TPSA) is 50.9 Å². The van der Waals surface area contributed by atoms with Crippen molar-refractivity contribution >= 4 is 22.7 Å². The molecule has 3 N–H and O–H groups in total. The van der Waals surface area contributed by atoms with E-state index in [-0.39, 0.29) is 0 Å². The van der Waals surface area contributed by atoms with E-state index in [2.05, 4.69) is 35.6 Å². The van der Waals surface area contributed by atoms with Crippen LogP contribution in [-0.4, -0.2) is 4.98 Å². The Morgan fingerprint density at radius 1 is 1.04 bits per heavy atom. The van der Waals surface area contributed by atoms with Crippen molar-refractivity contribution in [1.82, 2.24) is 10.3 Å². The number of nitrogens with two attached hydrogens (primary N) is 1. The first-order valence-electron chi connectivity index (χ1n) is 7.61. The number of hydrogen-bond acceptors (Lipinski definition) is 4. The Bertz CT molecular complexity index is 848. The summed E-state index contributed by atoms with van der Waals surface area (Å²) < 4.78 is 0. The van der Waals surface area contributed by atoms with E-state index in [9.17, 15) is 0 Å². The van der Waals surface area contributed by atoms with Crippen molar-refractivity contribution in [3.05, 3.63) is 90.0 Å². The van der Waals surface area contributed by atoms with Gasteiger partial charge in [-0.05, 0) is 35.4 Å². The third-order valence-corrected chi connectivity index (χ3v) is 4.82. The molecule has 0 aliphatic carbocycles. The molecule has 0 unspecified atom stereocenters. The Balaban J connectivity index is 1.63. The predicted molar refractivity (Wildman–Crippen MR) is 103 cm³/mol. The molecule has 3 nitrogen and oxygen atoms in total. The van der Waals surface area contributed by atoms with Gasteiger partial charge in [-0.1, -0.05) is 43.5 Å². The Labute approximate surface area is 146 Å². The summed E-state index contributed by atoms with van der Waals surface area (Å²) in [5, 5.41) is 3.37. The van der Waals surface area contributed by atoms with Crippen LogP contribution >= 0.6 is 11.3 Å². The first kappa shape index (κ1) is 16.0. The number of hydrogen-bond donors (Lipinski definition) is 2. The van der Waals surface area contributed by atoms with Crippen LogP contribution in [0, 0.1) is 0 Å². The minimum atomic E-state index is 0.583. The second kappa shape index (κ2) is 7.15. The van der Waals surface area contributed by atoms with Crippen LogP contribution in [0.25, 0.3) is 22.0 Å². The fraction of sp³-hybridized carbons (Fsp3) is 0.0500. The molecular weight excluding hydrogens is 314 g/mol. The lowest BCUT2D eigenvalue weighted by Gasteiger charge is -2.09. The van der Waals surface area contributed by atoms with E-state index in [1.54, 1.807) is 11.3 Å². The zero-order valence-electron chi connectivity index (χ0n) is 13.3. The molecule has 1 aromatic carbocycles. The van der Waals surface area contributed by atoms with Crippen LogP contribution in [0.5, 0.6) is 0 Å². The Hall–Kier alpha value is -2.85. The molecule has 0 bridgehead atoms. The summed E-state index contributed by atoms with van der Waals surface area (Å²) >= 11 is 1.68. The monoisotopic (exact) mass is 333 g/mol. The van der Waals surface area contributed by atoms with E-state index in [0.29, 0.717) is 12.2 Å². The number of thiophene rings is 1. The first-order chi connectivity index (χ1) is 11.6. The molecule has 3 rings (SSSR count). The van der Waals surface area contributed by atoms with Gasteiger partial charge in [0.2, 0.25) is 0 Å². The zero-order chi connectivity index (χ0) is 16.9. The van der Waals surface area contributed by atoms with Gasteiger partial charge < -0.3 is 11.1 Å². The standard InChI is InChI=1S/C20H19N3S/c1-14(21)17-8-6-16(7-9-17)13-23-15(2)19-10-11-20(24-19)18-5-3-4-12-22-18/h3-12,23H,1-2,13,21H2. The van der Waals surface area contributed by atoms with Crippen LogP contribution in [0.1, 0.15) is 16.0 Å². The summed E-state index contributed by atoms with van der Waals surface area (Å²) in [7, 11) is 0. The van der Waals surface area contributed by atoms with Gasteiger partial charge in [0.1, 0.15) is 0 Å². The summed E-state index contributed by atoms with van der Waals surface area (Å²) in [4.78, 5) is 6.63. The molecule has 2 heterocycles. The van der Waals surface area contributed by atoms with Crippen molar-refractivity contribution in [2.24, 2.45) is 5.73 Å². The summed E-state index contributed by atoms with van der Waals surface area (Å²) in [6.45, 7) is 8.59. The van der Waals surface area contributed by atoms with Crippen molar-refractivity contribution < 1.29 is 0 Å². The molecule has 0 aliphatic rings. The molecule has 0 aliphatic heterocycles. The fourth-order valence-electron chi connectivity index (χ4n) is 2.28. The number of rotatable bonds is 6. The minimum Gasteiger partial charge on any atom is -0.399 e. The van der Waals surface area contributed by atoms with Crippen molar-refractivity contribution in [2.75, 3.05) is 0 Å². The molecule has 0 fully saturated rings. The molecule has 2 aromatic heterocycles. The smallest absolute Gasteiger partial charge is 0.0801 e. The van der Waals surface area contributed by atoms with Crippen LogP contribution in [0.3, 0.4) is 0 Å². The lowest BCUT2D eigenvalue weighted by Crippen LogP contribution is -2.10. The summed E-state index contributed by atoms with van der Waals surface area (Å²) in [5.74, 6) is 0. The maximum atomic E-state index is 5.68. The van der Waals surface area contributed by atoms with Crippen molar-refractivity contribution in [2.45, 2.75) is 6.54 Å². The van der Waals surface area contributed by atoms with Gasteiger partial charge in [-0.3, -0.25) is 4.98 Å². The first-order valence-corrected chi connectivity index (χ1v) is 8.43. The second-order valence-electron chi connectivity index (χ2n) is 5.43. The molecule has 0 saturated heterocycles. The highest BCUT2D eigenvalue weighted by molar-refractivity contribution is 7.16. The van der Waals surface area contributed by atoms with E-state index in [1.807, 2.05) is 48.7 Å². The molecule has 0 radical (unpaired) electrons. The predicted octanol–water partition coefficient (Wildman–Crippen LogP) is 4.50. The SMILES string of the molecule is C=C(N)c1ccc(CNC(=C)c2ccc(-c3ccccn3)s2)cc1. The van der Waals surface area contributed by atoms with Crippen LogP contribution in [0.2, 0.25) is 0 Å². The van der Waals surface area contributed by atoms with E-state index in [1.165, 1.54) is 5.56 Å². The average Bonchev–Trinajstić information content (AvgIpc) is 3.11. The number of pyridine rings is 1. The van der Waals surface area contributed by atoms with Crippen molar-refractivity contribution in [3.8, 4) is 10.6 Å². The number of nitrogens with zero attached hydrogens (tertiary/aromatic N) is 1. The van der Waals surface area contributed by atoms with Crippen LogP contribution in [0.15, 0.2) is 74.0 Å². The normalized spacial score (nSPS) is 10.3. The van der Waals surface area contributed by atoms with Crippen LogP contribution in [-0.2, 0) is 6.54 Å². The highest BCUT2D eigenvalue weighted by atomic mass is 32.1. The van der Waals surface area contributed by atoms with E-state index < -0.39 is 0 Å². The second-order valence-corrected chi connectivity index (χ2v) is 6.52. The lowest BCUT2D eigenvalue weighted by molar-refractivity contribution is 0.894. The van der Waals surface area contributed by atoms with Crippen molar-refractivity contribution in [1.29, 1.82) is 0 Å². The van der Waals surface area contributed by atoms with Crippen LogP contribution < -0.4 is 11.1 Å².